The van der Waals surface area contributed by atoms with Crippen LogP contribution >= 0.6 is 0 Å². The summed E-state index contributed by atoms with van der Waals surface area (Å²) in [4.78, 5) is 0. The van der Waals surface area contributed by atoms with E-state index in [0.717, 1.165) is 19.3 Å². The van der Waals surface area contributed by atoms with Crippen LogP contribution in [0.2, 0.25) is 0 Å². The lowest BCUT2D eigenvalue weighted by Gasteiger charge is -2.20. The monoisotopic (exact) mass is 428 g/mol. The molecule has 0 radical (unpaired) electrons. The minimum atomic E-state index is -1.05. The highest BCUT2D eigenvalue weighted by Crippen LogP contribution is 2.20. The van der Waals surface area contributed by atoms with Crippen molar-refractivity contribution >= 4 is 0 Å². The topological polar surface area (TPSA) is 79.2 Å². The van der Waals surface area contributed by atoms with E-state index in [4.69, 9.17) is 14.6 Å². The van der Waals surface area contributed by atoms with E-state index in [-0.39, 0.29) is 6.61 Å². The normalized spacial score (nSPS) is 22.9. The average Bonchev–Trinajstić information content (AvgIpc) is 3.12. The molecule has 5 heteroatoms. The van der Waals surface area contributed by atoms with Crippen LogP contribution in [0, 0.1) is 0 Å². The van der Waals surface area contributed by atoms with Crippen molar-refractivity contribution < 1.29 is 24.8 Å². The second kappa shape index (κ2) is 19.2. The first-order chi connectivity index (χ1) is 14.7. The molecule has 1 aliphatic rings. The highest BCUT2D eigenvalue weighted by atomic mass is 16.6. The second-order valence-electron chi connectivity index (χ2n) is 8.71. The largest absolute Gasteiger partial charge is 0.394 e. The molecule has 5 nitrogen and oxygen atoms in total. The molecule has 0 aliphatic carbocycles. The van der Waals surface area contributed by atoms with Gasteiger partial charge < -0.3 is 24.8 Å². The van der Waals surface area contributed by atoms with Gasteiger partial charge in [-0.2, -0.15) is 0 Å². The summed E-state index contributed by atoms with van der Waals surface area (Å²) in [6.07, 6.45) is 21.0. The Labute approximate surface area is 184 Å². The number of allylic oxidation sites excluding steroid dienone is 2. The van der Waals surface area contributed by atoms with E-state index < -0.39 is 31.0 Å². The molecule has 1 aliphatic heterocycles. The van der Waals surface area contributed by atoms with Crippen LogP contribution in [0.1, 0.15) is 103 Å². The van der Waals surface area contributed by atoms with Crippen LogP contribution in [0.15, 0.2) is 12.2 Å². The molecule has 0 aromatic heterocycles. The zero-order valence-electron chi connectivity index (χ0n) is 19.4. The average molecular weight is 429 g/mol. The lowest BCUT2D eigenvalue weighted by Crippen LogP contribution is -2.41. The van der Waals surface area contributed by atoms with Gasteiger partial charge in [-0.3, -0.25) is 0 Å². The molecule has 1 rings (SSSR count). The molecular weight excluding hydrogens is 380 g/mol. The first-order valence-corrected chi connectivity index (χ1v) is 12.6. The Balaban J connectivity index is 1.78. The van der Waals surface area contributed by atoms with E-state index in [0.29, 0.717) is 6.61 Å². The Morgan fingerprint density at radius 2 is 1.40 bits per heavy atom. The van der Waals surface area contributed by atoms with E-state index >= 15 is 0 Å². The van der Waals surface area contributed by atoms with E-state index in [1.54, 1.807) is 0 Å². The van der Waals surface area contributed by atoms with Crippen LogP contribution in [0.5, 0.6) is 0 Å². The van der Waals surface area contributed by atoms with Crippen molar-refractivity contribution in [2.24, 2.45) is 0 Å². The quantitative estimate of drug-likeness (QED) is 0.190. The first kappa shape index (κ1) is 27.6. The SMILES string of the molecule is CC/C=C/CCCCCCCCCCCCCCCO[C@H]1CO[C@H]([C@H](O)CO)[C@@H]1O. The molecular formula is C25H48O5. The second-order valence-corrected chi connectivity index (χ2v) is 8.71. The van der Waals surface area contributed by atoms with Gasteiger partial charge in [0.1, 0.15) is 24.4 Å². The van der Waals surface area contributed by atoms with Crippen LogP contribution < -0.4 is 0 Å². The van der Waals surface area contributed by atoms with Gasteiger partial charge in [-0.1, -0.05) is 89.7 Å². The third-order valence-electron chi connectivity index (χ3n) is 5.99. The van der Waals surface area contributed by atoms with Gasteiger partial charge >= 0.3 is 0 Å². The fraction of sp³-hybridized carbons (Fsp3) is 0.920. The summed E-state index contributed by atoms with van der Waals surface area (Å²) < 4.78 is 11.0. The summed E-state index contributed by atoms with van der Waals surface area (Å²) in [7, 11) is 0. The summed E-state index contributed by atoms with van der Waals surface area (Å²) in [6, 6.07) is 0. The van der Waals surface area contributed by atoms with Gasteiger partial charge in [0.2, 0.25) is 0 Å². The molecule has 0 amide bonds. The summed E-state index contributed by atoms with van der Waals surface area (Å²) >= 11 is 0. The zero-order chi connectivity index (χ0) is 21.9. The van der Waals surface area contributed by atoms with Crippen molar-refractivity contribution in [1.82, 2.24) is 0 Å². The molecule has 0 aromatic rings. The van der Waals surface area contributed by atoms with Crippen molar-refractivity contribution in [3.05, 3.63) is 12.2 Å². The first-order valence-electron chi connectivity index (χ1n) is 12.6. The smallest absolute Gasteiger partial charge is 0.114 e. The van der Waals surface area contributed by atoms with E-state index in [1.165, 1.54) is 77.0 Å². The molecule has 0 bridgehead atoms. The van der Waals surface area contributed by atoms with Gasteiger partial charge in [0.25, 0.3) is 0 Å². The number of aliphatic hydroxyl groups is 3. The van der Waals surface area contributed by atoms with Crippen molar-refractivity contribution in [2.75, 3.05) is 19.8 Å². The summed E-state index contributed by atoms with van der Waals surface area (Å²) in [5.41, 5.74) is 0. The van der Waals surface area contributed by atoms with E-state index in [9.17, 15) is 10.2 Å². The molecule has 4 atom stereocenters. The van der Waals surface area contributed by atoms with Gasteiger partial charge in [0, 0.05) is 6.61 Å². The molecule has 1 fully saturated rings. The Bertz CT molecular complexity index is 401. The van der Waals surface area contributed by atoms with Gasteiger partial charge in [0.05, 0.1) is 13.2 Å². The van der Waals surface area contributed by atoms with Gasteiger partial charge in [-0.05, 0) is 25.7 Å². The molecule has 0 saturated carbocycles. The fourth-order valence-corrected chi connectivity index (χ4v) is 4.03. The number of rotatable bonds is 20. The Hall–Kier alpha value is -0.460. The highest BCUT2D eigenvalue weighted by Gasteiger charge is 2.40. The molecule has 3 N–H and O–H groups in total. The van der Waals surface area contributed by atoms with Crippen molar-refractivity contribution in [3.8, 4) is 0 Å². The van der Waals surface area contributed by atoms with Crippen molar-refractivity contribution in [2.45, 2.75) is 128 Å². The number of unbranched alkanes of at least 4 members (excludes halogenated alkanes) is 13. The maximum atomic E-state index is 10.1. The maximum Gasteiger partial charge on any atom is 0.114 e. The third kappa shape index (κ3) is 13.1. The van der Waals surface area contributed by atoms with Gasteiger partial charge in [-0.15, -0.1) is 0 Å². The minimum Gasteiger partial charge on any atom is -0.394 e. The maximum absolute atomic E-state index is 10.1. The summed E-state index contributed by atoms with van der Waals surface area (Å²) in [5.74, 6) is 0. The van der Waals surface area contributed by atoms with Crippen LogP contribution in [0.25, 0.3) is 0 Å². The zero-order valence-corrected chi connectivity index (χ0v) is 19.4. The number of ether oxygens (including phenoxy) is 2. The molecule has 0 aromatic carbocycles. The van der Waals surface area contributed by atoms with Gasteiger partial charge in [0.15, 0.2) is 0 Å². The molecule has 1 saturated heterocycles. The Morgan fingerprint density at radius 3 is 1.93 bits per heavy atom. The lowest BCUT2D eigenvalue weighted by atomic mass is 10.0. The molecule has 0 spiro atoms. The van der Waals surface area contributed by atoms with Crippen molar-refractivity contribution in [1.29, 1.82) is 0 Å². The van der Waals surface area contributed by atoms with E-state index in [2.05, 4.69) is 19.1 Å². The Kier molecular flexibility index (Phi) is 17.7. The highest BCUT2D eigenvalue weighted by molar-refractivity contribution is 4.88. The number of hydrogen-bond donors (Lipinski definition) is 3. The number of hydrogen-bond acceptors (Lipinski definition) is 5. The summed E-state index contributed by atoms with van der Waals surface area (Å²) in [5, 5.41) is 28.6. The van der Waals surface area contributed by atoms with E-state index in [1.807, 2.05) is 0 Å². The molecule has 178 valence electrons. The van der Waals surface area contributed by atoms with Crippen LogP contribution in [0.4, 0.5) is 0 Å². The van der Waals surface area contributed by atoms with Crippen molar-refractivity contribution in [3.63, 3.8) is 0 Å². The fourth-order valence-electron chi connectivity index (χ4n) is 4.03. The van der Waals surface area contributed by atoms with Gasteiger partial charge in [-0.25, -0.2) is 0 Å². The number of aliphatic hydroxyl groups excluding tert-OH is 3. The standard InChI is InChI=1S/C25H48O5/c1-2-3-4-5-6-7-8-9-10-11-12-13-14-15-16-17-18-19-29-23-21-30-25(24(23)28)22(27)20-26/h3-4,22-28H,2,5-21H2,1H3/b4-3+/t22-,23+,24-,25-/m1/s1. The van der Waals surface area contributed by atoms with Crippen LogP contribution in [-0.2, 0) is 9.47 Å². The molecule has 30 heavy (non-hydrogen) atoms. The summed E-state index contributed by atoms with van der Waals surface area (Å²) in [6.45, 7) is 2.67. The molecule has 0 unspecified atom stereocenters. The van der Waals surface area contributed by atoms with Crippen LogP contribution in [0.3, 0.4) is 0 Å². The minimum absolute atomic E-state index is 0.277. The van der Waals surface area contributed by atoms with Crippen LogP contribution in [-0.4, -0.2) is 59.6 Å². The molecule has 1 heterocycles. The Morgan fingerprint density at radius 1 is 0.867 bits per heavy atom. The third-order valence-corrected chi connectivity index (χ3v) is 5.99. The predicted octanol–water partition coefficient (Wildman–Crippen LogP) is 4.91. The lowest BCUT2D eigenvalue weighted by molar-refractivity contribution is -0.0730. The predicted molar refractivity (Wildman–Crippen MR) is 123 cm³/mol.